The predicted octanol–water partition coefficient (Wildman–Crippen LogP) is 4.16. The maximum atomic E-state index is 12.8. The summed E-state index contributed by atoms with van der Waals surface area (Å²) in [6.45, 7) is 0. The Kier molecular flexibility index (Phi) is 3.64. The number of halogens is 2. The molecule has 0 bridgehead atoms. The van der Waals surface area contributed by atoms with Gasteiger partial charge in [-0.2, -0.15) is 0 Å². The van der Waals surface area contributed by atoms with E-state index in [1.54, 1.807) is 19.2 Å². The number of ether oxygens (including phenoxy) is 1. The molecule has 0 saturated heterocycles. The van der Waals surface area contributed by atoms with E-state index in [0.29, 0.717) is 0 Å². The molecule has 17 heavy (non-hydrogen) atoms. The van der Waals surface area contributed by atoms with Gasteiger partial charge in [0.25, 0.3) is 0 Å². The number of hydrogen-bond acceptors (Lipinski definition) is 1. The van der Waals surface area contributed by atoms with Gasteiger partial charge >= 0.3 is 0 Å². The summed E-state index contributed by atoms with van der Waals surface area (Å²) < 4.78 is 17.9. The lowest BCUT2D eigenvalue weighted by molar-refractivity contribution is 0.414. The molecular weight excluding hydrogens is 239 g/mol. The Morgan fingerprint density at radius 1 is 1.06 bits per heavy atom. The van der Waals surface area contributed by atoms with Crippen LogP contribution in [0.25, 0.3) is 0 Å². The number of methoxy groups -OCH3 is 1. The van der Waals surface area contributed by atoms with Crippen LogP contribution in [0.5, 0.6) is 5.75 Å². The first-order chi connectivity index (χ1) is 8.20. The van der Waals surface area contributed by atoms with Crippen LogP contribution in [0, 0.1) is 5.82 Å². The van der Waals surface area contributed by atoms with Gasteiger partial charge in [-0.15, -0.1) is 11.6 Å². The van der Waals surface area contributed by atoms with Crippen LogP contribution >= 0.6 is 11.6 Å². The summed E-state index contributed by atoms with van der Waals surface area (Å²) in [5.41, 5.74) is 1.79. The number of rotatable bonds is 3. The summed E-state index contributed by atoms with van der Waals surface area (Å²) in [5, 5.41) is -0.300. The van der Waals surface area contributed by atoms with E-state index in [-0.39, 0.29) is 11.2 Å². The van der Waals surface area contributed by atoms with Crippen LogP contribution in [0.2, 0.25) is 0 Å². The first-order valence-corrected chi connectivity index (χ1v) is 5.68. The van der Waals surface area contributed by atoms with Gasteiger partial charge < -0.3 is 4.74 Å². The highest BCUT2D eigenvalue weighted by molar-refractivity contribution is 6.22. The fourth-order valence-electron chi connectivity index (χ4n) is 1.62. The first kappa shape index (κ1) is 11.9. The first-order valence-electron chi connectivity index (χ1n) is 5.24. The maximum absolute atomic E-state index is 12.8. The zero-order chi connectivity index (χ0) is 12.3. The summed E-state index contributed by atoms with van der Waals surface area (Å²) in [7, 11) is 1.61. The molecule has 1 atom stereocenters. The molecule has 2 aromatic carbocycles. The fourth-order valence-corrected chi connectivity index (χ4v) is 1.90. The second kappa shape index (κ2) is 5.19. The average Bonchev–Trinajstić information content (AvgIpc) is 2.39. The van der Waals surface area contributed by atoms with Crippen LogP contribution in [0.15, 0.2) is 48.5 Å². The molecule has 0 aliphatic heterocycles. The van der Waals surface area contributed by atoms with Gasteiger partial charge in [-0.1, -0.05) is 24.3 Å². The van der Waals surface area contributed by atoms with Crippen molar-refractivity contribution >= 4 is 11.6 Å². The van der Waals surface area contributed by atoms with Crippen LogP contribution in [-0.2, 0) is 0 Å². The zero-order valence-corrected chi connectivity index (χ0v) is 10.1. The lowest BCUT2D eigenvalue weighted by atomic mass is 10.0. The second-order valence-electron chi connectivity index (χ2n) is 3.69. The SMILES string of the molecule is COc1cccc(C(Cl)c2ccc(F)cc2)c1. The highest BCUT2D eigenvalue weighted by Crippen LogP contribution is 2.30. The second-order valence-corrected chi connectivity index (χ2v) is 4.13. The molecule has 0 aromatic heterocycles. The van der Waals surface area contributed by atoms with Gasteiger partial charge in [0, 0.05) is 0 Å². The molecule has 3 heteroatoms. The summed E-state index contributed by atoms with van der Waals surface area (Å²) in [6, 6.07) is 13.7. The molecule has 0 radical (unpaired) electrons. The van der Waals surface area contributed by atoms with Crippen molar-refractivity contribution in [1.82, 2.24) is 0 Å². The van der Waals surface area contributed by atoms with E-state index in [2.05, 4.69) is 0 Å². The molecule has 0 N–H and O–H groups in total. The largest absolute Gasteiger partial charge is 0.497 e. The maximum Gasteiger partial charge on any atom is 0.123 e. The smallest absolute Gasteiger partial charge is 0.123 e. The molecule has 88 valence electrons. The van der Waals surface area contributed by atoms with Crippen molar-refractivity contribution in [3.05, 3.63) is 65.5 Å². The Labute approximate surface area is 105 Å². The van der Waals surface area contributed by atoms with Crippen molar-refractivity contribution in [1.29, 1.82) is 0 Å². The summed E-state index contributed by atoms with van der Waals surface area (Å²) in [5.74, 6) is 0.499. The van der Waals surface area contributed by atoms with Gasteiger partial charge in [0.1, 0.15) is 11.6 Å². The Morgan fingerprint density at radius 2 is 1.76 bits per heavy atom. The molecule has 0 aliphatic carbocycles. The van der Waals surface area contributed by atoms with Crippen LogP contribution in [0.4, 0.5) is 4.39 Å². The lowest BCUT2D eigenvalue weighted by Gasteiger charge is -2.11. The minimum atomic E-state index is -0.300. The minimum absolute atomic E-state index is 0.261. The van der Waals surface area contributed by atoms with Crippen molar-refractivity contribution in [2.24, 2.45) is 0 Å². The third kappa shape index (κ3) is 2.77. The molecule has 0 heterocycles. The van der Waals surface area contributed by atoms with E-state index >= 15 is 0 Å². The van der Waals surface area contributed by atoms with Crippen molar-refractivity contribution in [3.8, 4) is 5.75 Å². The number of alkyl halides is 1. The molecule has 0 fully saturated rings. The van der Waals surface area contributed by atoms with Gasteiger partial charge in [0.15, 0.2) is 0 Å². The third-order valence-electron chi connectivity index (χ3n) is 2.55. The number of hydrogen-bond donors (Lipinski definition) is 0. The fraction of sp³-hybridized carbons (Fsp3) is 0.143. The van der Waals surface area contributed by atoms with Gasteiger partial charge in [-0.05, 0) is 35.4 Å². The molecule has 0 aliphatic rings. The summed E-state index contributed by atoms with van der Waals surface area (Å²) in [6.07, 6.45) is 0. The Balaban J connectivity index is 2.29. The average molecular weight is 251 g/mol. The normalized spacial score (nSPS) is 12.2. The minimum Gasteiger partial charge on any atom is -0.497 e. The van der Waals surface area contributed by atoms with E-state index in [9.17, 15) is 4.39 Å². The van der Waals surface area contributed by atoms with Gasteiger partial charge in [0.2, 0.25) is 0 Å². The Bertz CT molecular complexity index is 496. The highest BCUT2D eigenvalue weighted by Gasteiger charge is 2.11. The topological polar surface area (TPSA) is 9.23 Å². The standard InChI is InChI=1S/C14H12ClFO/c1-17-13-4-2-3-11(9-13)14(15)10-5-7-12(16)8-6-10/h2-9,14H,1H3. The Morgan fingerprint density at radius 3 is 2.41 bits per heavy atom. The van der Waals surface area contributed by atoms with Gasteiger partial charge in [-0.3, -0.25) is 0 Å². The molecule has 1 unspecified atom stereocenters. The lowest BCUT2D eigenvalue weighted by Crippen LogP contribution is -1.94. The van der Waals surface area contributed by atoms with Crippen molar-refractivity contribution in [2.75, 3.05) is 7.11 Å². The van der Waals surface area contributed by atoms with E-state index in [0.717, 1.165) is 16.9 Å². The van der Waals surface area contributed by atoms with Crippen molar-refractivity contribution < 1.29 is 9.13 Å². The number of benzene rings is 2. The highest BCUT2D eigenvalue weighted by atomic mass is 35.5. The monoisotopic (exact) mass is 250 g/mol. The molecule has 2 rings (SSSR count). The molecular formula is C14H12ClFO. The van der Waals surface area contributed by atoms with Crippen molar-refractivity contribution in [2.45, 2.75) is 5.38 Å². The van der Waals surface area contributed by atoms with E-state index in [1.807, 2.05) is 24.3 Å². The molecule has 0 saturated carbocycles. The van der Waals surface area contributed by atoms with Crippen LogP contribution in [-0.4, -0.2) is 7.11 Å². The van der Waals surface area contributed by atoms with Crippen LogP contribution < -0.4 is 4.74 Å². The van der Waals surface area contributed by atoms with Crippen LogP contribution in [0.1, 0.15) is 16.5 Å². The summed E-state index contributed by atoms with van der Waals surface area (Å²) in [4.78, 5) is 0. The summed E-state index contributed by atoms with van der Waals surface area (Å²) >= 11 is 6.33. The predicted molar refractivity (Wildman–Crippen MR) is 67.1 cm³/mol. The van der Waals surface area contributed by atoms with E-state index in [1.165, 1.54) is 12.1 Å². The third-order valence-corrected chi connectivity index (χ3v) is 3.05. The molecule has 0 amide bonds. The van der Waals surface area contributed by atoms with Crippen molar-refractivity contribution in [3.63, 3.8) is 0 Å². The van der Waals surface area contributed by atoms with E-state index in [4.69, 9.17) is 16.3 Å². The van der Waals surface area contributed by atoms with E-state index < -0.39 is 0 Å². The molecule has 0 spiro atoms. The molecule has 1 nitrogen and oxygen atoms in total. The van der Waals surface area contributed by atoms with Gasteiger partial charge in [-0.25, -0.2) is 4.39 Å². The van der Waals surface area contributed by atoms with Gasteiger partial charge in [0.05, 0.1) is 12.5 Å². The molecule has 2 aromatic rings. The zero-order valence-electron chi connectivity index (χ0n) is 9.36. The Hall–Kier alpha value is -1.54. The quantitative estimate of drug-likeness (QED) is 0.743. The van der Waals surface area contributed by atoms with Crippen LogP contribution in [0.3, 0.4) is 0 Å².